The van der Waals surface area contributed by atoms with Crippen LogP contribution in [0, 0.1) is 0 Å². The van der Waals surface area contributed by atoms with Gasteiger partial charge in [0.2, 0.25) is 0 Å². The molecule has 0 aromatic carbocycles. The number of nitrogens with two attached hydrogens (primary N) is 2. The van der Waals surface area contributed by atoms with E-state index in [9.17, 15) is 0 Å². The second kappa shape index (κ2) is 5.82. The third-order valence-corrected chi connectivity index (χ3v) is 2.38. The lowest BCUT2D eigenvalue weighted by Gasteiger charge is -2.24. The van der Waals surface area contributed by atoms with Crippen molar-refractivity contribution in [3.8, 4) is 0 Å². The second-order valence-corrected chi connectivity index (χ2v) is 3.61. The Labute approximate surface area is 84.9 Å². The first kappa shape index (κ1) is 11.3. The minimum atomic E-state index is 0.113. The Bertz CT molecular complexity index is 183. The third kappa shape index (κ3) is 3.93. The van der Waals surface area contributed by atoms with Crippen LogP contribution >= 0.6 is 0 Å². The molecule has 1 rings (SSSR count). The highest BCUT2D eigenvalue weighted by Crippen LogP contribution is 2.06. The van der Waals surface area contributed by atoms with E-state index in [0.29, 0.717) is 6.04 Å². The molecule has 1 aliphatic heterocycles. The zero-order chi connectivity index (χ0) is 10.4. The van der Waals surface area contributed by atoms with Crippen molar-refractivity contribution < 1.29 is 4.74 Å². The monoisotopic (exact) mass is 200 g/mol. The highest BCUT2D eigenvalue weighted by molar-refractivity contribution is 5.75. The van der Waals surface area contributed by atoms with Gasteiger partial charge in [0, 0.05) is 19.3 Å². The molecule has 2 unspecified atom stereocenters. The van der Waals surface area contributed by atoms with Crippen molar-refractivity contribution >= 4 is 5.96 Å². The standard InChI is InChI=1S/C9H20N4O/c1-7(13-9(10)11)8-3-6-14-5-2-4-12-8/h7-8,12H,2-6H2,1H3,(H4,10,11,13). The molecule has 0 aromatic heterocycles. The Morgan fingerprint density at radius 1 is 1.50 bits per heavy atom. The van der Waals surface area contributed by atoms with Gasteiger partial charge in [0.25, 0.3) is 0 Å². The van der Waals surface area contributed by atoms with Crippen LogP contribution in [-0.4, -0.2) is 37.8 Å². The van der Waals surface area contributed by atoms with Gasteiger partial charge in [-0.2, -0.15) is 0 Å². The van der Waals surface area contributed by atoms with Gasteiger partial charge in [0.05, 0.1) is 6.04 Å². The number of guanidine groups is 1. The van der Waals surface area contributed by atoms with E-state index in [-0.39, 0.29) is 12.0 Å². The number of rotatable bonds is 2. The van der Waals surface area contributed by atoms with E-state index in [4.69, 9.17) is 16.2 Å². The Morgan fingerprint density at radius 2 is 2.29 bits per heavy atom. The van der Waals surface area contributed by atoms with Gasteiger partial charge >= 0.3 is 0 Å². The van der Waals surface area contributed by atoms with Crippen molar-refractivity contribution in [3.05, 3.63) is 0 Å². The molecule has 1 heterocycles. The van der Waals surface area contributed by atoms with Crippen LogP contribution in [0.25, 0.3) is 0 Å². The van der Waals surface area contributed by atoms with Gasteiger partial charge in [-0.25, -0.2) is 4.99 Å². The zero-order valence-electron chi connectivity index (χ0n) is 8.70. The van der Waals surface area contributed by atoms with Crippen molar-refractivity contribution in [2.75, 3.05) is 19.8 Å². The van der Waals surface area contributed by atoms with Gasteiger partial charge < -0.3 is 21.5 Å². The lowest BCUT2D eigenvalue weighted by Crippen LogP contribution is -2.42. The molecule has 0 saturated carbocycles. The fourth-order valence-corrected chi connectivity index (χ4v) is 1.61. The Balaban J connectivity index is 2.42. The minimum Gasteiger partial charge on any atom is -0.381 e. The van der Waals surface area contributed by atoms with Gasteiger partial charge in [-0.05, 0) is 26.3 Å². The molecule has 0 aromatic rings. The maximum absolute atomic E-state index is 5.41. The molecule has 5 N–H and O–H groups in total. The number of hydrogen-bond donors (Lipinski definition) is 3. The Kier molecular flexibility index (Phi) is 4.69. The largest absolute Gasteiger partial charge is 0.381 e. The summed E-state index contributed by atoms with van der Waals surface area (Å²) in [5, 5.41) is 3.43. The van der Waals surface area contributed by atoms with Crippen LogP contribution in [-0.2, 0) is 4.74 Å². The molecule has 2 atom stereocenters. The van der Waals surface area contributed by atoms with Gasteiger partial charge in [-0.15, -0.1) is 0 Å². The fourth-order valence-electron chi connectivity index (χ4n) is 1.61. The van der Waals surface area contributed by atoms with Crippen LogP contribution < -0.4 is 16.8 Å². The molecule has 0 spiro atoms. The van der Waals surface area contributed by atoms with E-state index in [0.717, 1.165) is 32.6 Å². The highest BCUT2D eigenvalue weighted by atomic mass is 16.5. The third-order valence-electron chi connectivity index (χ3n) is 2.38. The molecular formula is C9H20N4O. The van der Waals surface area contributed by atoms with Crippen LogP contribution in [0.3, 0.4) is 0 Å². The van der Waals surface area contributed by atoms with Crippen LogP contribution in [0.1, 0.15) is 19.8 Å². The molecule has 0 amide bonds. The summed E-state index contributed by atoms with van der Waals surface area (Å²) in [4.78, 5) is 4.13. The highest BCUT2D eigenvalue weighted by Gasteiger charge is 2.17. The lowest BCUT2D eigenvalue weighted by atomic mass is 10.1. The molecule has 0 radical (unpaired) electrons. The van der Waals surface area contributed by atoms with E-state index < -0.39 is 0 Å². The molecule has 1 aliphatic rings. The summed E-state index contributed by atoms with van der Waals surface area (Å²) in [7, 11) is 0. The normalized spacial score (nSPS) is 25.9. The molecule has 0 bridgehead atoms. The summed E-state index contributed by atoms with van der Waals surface area (Å²) in [5.74, 6) is 0.155. The maximum Gasteiger partial charge on any atom is 0.186 e. The number of nitrogens with one attached hydrogen (secondary N) is 1. The fraction of sp³-hybridized carbons (Fsp3) is 0.889. The summed E-state index contributed by atoms with van der Waals surface area (Å²) in [5.41, 5.74) is 10.7. The van der Waals surface area contributed by atoms with Crippen molar-refractivity contribution in [2.24, 2.45) is 16.5 Å². The molecular weight excluding hydrogens is 180 g/mol. The Morgan fingerprint density at radius 3 is 3.00 bits per heavy atom. The second-order valence-electron chi connectivity index (χ2n) is 3.61. The minimum absolute atomic E-state index is 0.113. The molecule has 5 nitrogen and oxygen atoms in total. The lowest BCUT2D eigenvalue weighted by molar-refractivity contribution is 0.106. The van der Waals surface area contributed by atoms with Gasteiger partial charge in [-0.3, -0.25) is 0 Å². The number of hydrogen-bond acceptors (Lipinski definition) is 3. The van der Waals surface area contributed by atoms with Crippen LogP contribution in [0.4, 0.5) is 0 Å². The summed E-state index contributed by atoms with van der Waals surface area (Å²) in [6.45, 7) is 4.60. The zero-order valence-corrected chi connectivity index (χ0v) is 8.70. The molecule has 82 valence electrons. The first-order valence-corrected chi connectivity index (χ1v) is 5.10. The molecule has 14 heavy (non-hydrogen) atoms. The van der Waals surface area contributed by atoms with E-state index >= 15 is 0 Å². The van der Waals surface area contributed by atoms with Crippen molar-refractivity contribution in [3.63, 3.8) is 0 Å². The van der Waals surface area contributed by atoms with E-state index in [1.807, 2.05) is 6.92 Å². The van der Waals surface area contributed by atoms with Gasteiger partial charge in [0.1, 0.15) is 0 Å². The summed E-state index contributed by atoms with van der Waals surface area (Å²) in [6, 6.07) is 0.430. The van der Waals surface area contributed by atoms with Gasteiger partial charge in [-0.1, -0.05) is 0 Å². The van der Waals surface area contributed by atoms with Crippen LogP contribution in [0.15, 0.2) is 4.99 Å². The van der Waals surface area contributed by atoms with Crippen LogP contribution in [0.2, 0.25) is 0 Å². The predicted molar refractivity (Wildman–Crippen MR) is 57.1 cm³/mol. The topological polar surface area (TPSA) is 85.7 Å². The first-order chi connectivity index (χ1) is 6.70. The average Bonchev–Trinajstić information content (AvgIpc) is 2.00. The van der Waals surface area contributed by atoms with Crippen LogP contribution in [0.5, 0.6) is 0 Å². The summed E-state index contributed by atoms with van der Waals surface area (Å²) in [6.07, 6.45) is 2.00. The van der Waals surface area contributed by atoms with Gasteiger partial charge in [0.15, 0.2) is 5.96 Å². The van der Waals surface area contributed by atoms with Crippen molar-refractivity contribution in [2.45, 2.75) is 31.8 Å². The van der Waals surface area contributed by atoms with Crippen molar-refractivity contribution in [1.29, 1.82) is 0 Å². The smallest absolute Gasteiger partial charge is 0.186 e. The van der Waals surface area contributed by atoms with E-state index in [2.05, 4.69) is 10.3 Å². The number of nitrogens with zero attached hydrogens (tertiary/aromatic N) is 1. The van der Waals surface area contributed by atoms with Crippen molar-refractivity contribution in [1.82, 2.24) is 5.32 Å². The molecule has 1 saturated heterocycles. The van der Waals surface area contributed by atoms with E-state index in [1.54, 1.807) is 0 Å². The quantitative estimate of drug-likeness (QED) is 0.411. The number of aliphatic imine (C=N–C) groups is 1. The SMILES string of the molecule is CC(N=C(N)N)C1CCOCCCN1. The first-order valence-electron chi connectivity index (χ1n) is 5.10. The number of ether oxygens (including phenoxy) is 1. The molecule has 1 fully saturated rings. The Hall–Kier alpha value is -0.810. The summed E-state index contributed by atoms with van der Waals surface area (Å²) < 4.78 is 5.41. The maximum atomic E-state index is 5.41. The predicted octanol–water partition coefficient (Wildman–Crippen LogP) is -0.583. The molecule has 5 heteroatoms. The average molecular weight is 200 g/mol. The summed E-state index contributed by atoms with van der Waals surface area (Å²) >= 11 is 0. The molecule has 0 aliphatic carbocycles. The van der Waals surface area contributed by atoms with E-state index in [1.165, 1.54) is 0 Å².